The third kappa shape index (κ3) is 4.87. The number of aliphatic hydroxyl groups is 1. The summed E-state index contributed by atoms with van der Waals surface area (Å²) >= 11 is 0. The Labute approximate surface area is 92.3 Å². The molecular weight excluding hydrogens is 204 g/mol. The molecule has 1 heterocycles. The van der Waals surface area contributed by atoms with E-state index in [1.165, 1.54) is 0 Å². The summed E-state index contributed by atoms with van der Waals surface area (Å²) in [4.78, 5) is 0. The fourth-order valence-electron chi connectivity index (χ4n) is 1.16. The van der Waals surface area contributed by atoms with Crippen molar-refractivity contribution < 1.29 is 9.52 Å². The first kappa shape index (κ1) is 12.1. The van der Waals surface area contributed by atoms with Crippen LogP contribution in [0.4, 0.5) is 0 Å². The molecule has 0 bridgehead atoms. The first-order chi connectivity index (χ1) is 6.99. The second-order valence-electron chi connectivity index (χ2n) is 4.62. The Hall–Kier alpha value is -0.983. The minimum atomic E-state index is -1.26. The molecule has 0 radical (unpaired) electrons. The maximum Gasteiger partial charge on any atom is 0.132 e. The second-order valence-corrected chi connectivity index (χ2v) is 9.37. The van der Waals surface area contributed by atoms with E-state index in [9.17, 15) is 5.11 Å². The summed E-state index contributed by atoms with van der Waals surface area (Å²) in [5, 5.41) is 9.69. The molecule has 1 rings (SSSR count). The minimum Gasteiger partial charge on any atom is -0.467 e. The quantitative estimate of drug-likeness (QED) is 0.630. The van der Waals surface area contributed by atoms with E-state index in [4.69, 9.17) is 4.42 Å². The standard InChI is InChI=1S/C12H18O2Si/c1-15(2,3)10-5-4-7-11(13)12-8-6-9-14-12/h6,8-9,11,13H,4,7H2,1-3H3/t11-/m1/s1. The summed E-state index contributed by atoms with van der Waals surface area (Å²) in [6, 6.07) is 3.57. The van der Waals surface area contributed by atoms with E-state index >= 15 is 0 Å². The molecule has 1 N–H and O–H groups in total. The normalized spacial score (nSPS) is 13.1. The Balaban J connectivity index is 2.35. The molecule has 3 heteroatoms. The third-order valence-electron chi connectivity index (χ3n) is 1.88. The van der Waals surface area contributed by atoms with Crippen LogP contribution >= 0.6 is 0 Å². The zero-order valence-electron chi connectivity index (χ0n) is 9.58. The number of rotatable bonds is 3. The van der Waals surface area contributed by atoms with Gasteiger partial charge in [-0.15, -0.1) is 11.5 Å². The lowest BCUT2D eigenvalue weighted by Gasteiger charge is -2.05. The lowest BCUT2D eigenvalue weighted by atomic mass is 10.1. The van der Waals surface area contributed by atoms with Crippen LogP contribution in [-0.4, -0.2) is 13.2 Å². The van der Waals surface area contributed by atoms with Crippen LogP contribution in [0.1, 0.15) is 24.7 Å². The molecule has 0 aromatic carbocycles. The Kier molecular flexibility index (Phi) is 4.19. The van der Waals surface area contributed by atoms with E-state index < -0.39 is 14.2 Å². The first-order valence-corrected chi connectivity index (χ1v) is 8.70. The smallest absolute Gasteiger partial charge is 0.132 e. The predicted octanol–water partition coefficient (Wildman–Crippen LogP) is 2.97. The molecule has 0 saturated carbocycles. The highest BCUT2D eigenvalue weighted by Crippen LogP contribution is 2.17. The molecule has 0 fully saturated rings. The number of hydrogen-bond acceptors (Lipinski definition) is 2. The van der Waals surface area contributed by atoms with Crippen molar-refractivity contribution in [2.75, 3.05) is 0 Å². The van der Waals surface area contributed by atoms with Gasteiger partial charge in [-0.1, -0.05) is 19.6 Å². The molecule has 82 valence electrons. The van der Waals surface area contributed by atoms with Gasteiger partial charge in [0.15, 0.2) is 0 Å². The summed E-state index contributed by atoms with van der Waals surface area (Å²) in [7, 11) is -1.26. The van der Waals surface area contributed by atoms with Crippen LogP contribution in [0.5, 0.6) is 0 Å². The van der Waals surface area contributed by atoms with Crippen LogP contribution in [0.25, 0.3) is 0 Å². The molecule has 0 aliphatic heterocycles. The lowest BCUT2D eigenvalue weighted by Crippen LogP contribution is -2.16. The third-order valence-corrected chi connectivity index (χ3v) is 2.80. The van der Waals surface area contributed by atoms with E-state index in [2.05, 4.69) is 31.1 Å². The van der Waals surface area contributed by atoms with Crippen molar-refractivity contribution in [2.45, 2.75) is 38.6 Å². The summed E-state index contributed by atoms with van der Waals surface area (Å²) in [5.41, 5.74) is 3.27. The van der Waals surface area contributed by atoms with Crippen LogP contribution in [0, 0.1) is 11.5 Å². The molecule has 1 aromatic rings. The van der Waals surface area contributed by atoms with E-state index in [1.54, 1.807) is 18.4 Å². The molecule has 0 unspecified atom stereocenters. The maximum atomic E-state index is 9.69. The summed E-state index contributed by atoms with van der Waals surface area (Å²) < 4.78 is 5.10. The number of furan rings is 1. The summed E-state index contributed by atoms with van der Waals surface area (Å²) in [5.74, 6) is 3.76. The monoisotopic (exact) mass is 222 g/mol. The van der Waals surface area contributed by atoms with Crippen LogP contribution < -0.4 is 0 Å². The summed E-state index contributed by atoms with van der Waals surface area (Å²) in [6.45, 7) is 6.63. The Bertz CT molecular complexity index is 338. The van der Waals surface area contributed by atoms with Gasteiger partial charge in [0, 0.05) is 6.42 Å². The molecule has 0 aliphatic rings. The highest BCUT2D eigenvalue weighted by molar-refractivity contribution is 6.83. The zero-order valence-corrected chi connectivity index (χ0v) is 10.6. The van der Waals surface area contributed by atoms with Crippen molar-refractivity contribution >= 4 is 8.07 Å². The molecular formula is C12H18O2Si. The molecule has 1 aromatic heterocycles. The zero-order chi connectivity index (χ0) is 11.3. The Morgan fingerprint density at radius 1 is 1.47 bits per heavy atom. The van der Waals surface area contributed by atoms with Crippen LogP contribution in [-0.2, 0) is 0 Å². The predicted molar refractivity (Wildman–Crippen MR) is 64.0 cm³/mol. The van der Waals surface area contributed by atoms with Gasteiger partial charge in [0.05, 0.1) is 6.26 Å². The van der Waals surface area contributed by atoms with Crippen molar-refractivity contribution in [1.82, 2.24) is 0 Å². The van der Waals surface area contributed by atoms with Crippen LogP contribution in [0.15, 0.2) is 22.8 Å². The van der Waals surface area contributed by atoms with E-state index in [0.717, 1.165) is 6.42 Å². The van der Waals surface area contributed by atoms with Gasteiger partial charge < -0.3 is 9.52 Å². The van der Waals surface area contributed by atoms with Crippen molar-refractivity contribution in [3.05, 3.63) is 24.2 Å². The average Bonchev–Trinajstić information content (AvgIpc) is 2.63. The lowest BCUT2D eigenvalue weighted by molar-refractivity contribution is 0.142. The fraction of sp³-hybridized carbons (Fsp3) is 0.500. The molecule has 15 heavy (non-hydrogen) atoms. The van der Waals surface area contributed by atoms with E-state index in [1.807, 2.05) is 0 Å². The van der Waals surface area contributed by atoms with E-state index in [0.29, 0.717) is 12.2 Å². The van der Waals surface area contributed by atoms with Crippen molar-refractivity contribution in [3.63, 3.8) is 0 Å². The molecule has 0 spiro atoms. The maximum absolute atomic E-state index is 9.69. The van der Waals surface area contributed by atoms with Gasteiger partial charge in [0.1, 0.15) is 19.9 Å². The average molecular weight is 222 g/mol. The number of aliphatic hydroxyl groups excluding tert-OH is 1. The Morgan fingerprint density at radius 2 is 2.20 bits per heavy atom. The second kappa shape index (κ2) is 5.20. The molecule has 1 atom stereocenters. The van der Waals surface area contributed by atoms with Crippen molar-refractivity contribution in [1.29, 1.82) is 0 Å². The van der Waals surface area contributed by atoms with Crippen LogP contribution in [0.3, 0.4) is 0 Å². The number of hydrogen-bond donors (Lipinski definition) is 1. The first-order valence-electron chi connectivity index (χ1n) is 5.20. The van der Waals surface area contributed by atoms with Gasteiger partial charge in [-0.25, -0.2) is 0 Å². The fourth-order valence-corrected chi connectivity index (χ4v) is 1.82. The van der Waals surface area contributed by atoms with Crippen molar-refractivity contribution in [2.24, 2.45) is 0 Å². The largest absolute Gasteiger partial charge is 0.467 e. The van der Waals surface area contributed by atoms with Gasteiger partial charge in [-0.2, -0.15) is 0 Å². The molecule has 0 aliphatic carbocycles. The van der Waals surface area contributed by atoms with Gasteiger partial charge in [0.25, 0.3) is 0 Å². The van der Waals surface area contributed by atoms with Crippen molar-refractivity contribution in [3.8, 4) is 11.5 Å². The molecule has 0 saturated heterocycles. The highest BCUT2D eigenvalue weighted by Gasteiger charge is 2.10. The van der Waals surface area contributed by atoms with Gasteiger partial charge >= 0.3 is 0 Å². The van der Waals surface area contributed by atoms with E-state index in [-0.39, 0.29) is 0 Å². The van der Waals surface area contributed by atoms with Gasteiger partial charge in [-0.05, 0) is 18.6 Å². The minimum absolute atomic E-state index is 0.518. The topological polar surface area (TPSA) is 33.4 Å². The van der Waals surface area contributed by atoms with Gasteiger partial charge in [0.2, 0.25) is 0 Å². The van der Waals surface area contributed by atoms with Gasteiger partial charge in [-0.3, -0.25) is 0 Å². The Morgan fingerprint density at radius 3 is 2.73 bits per heavy atom. The van der Waals surface area contributed by atoms with Crippen LogP contribution in [0.2, 0.25) is 19.6 Å². The SMILES string of the molecule is C[Si](C)(C)C#CCC[C@@H](O)c1ccco1. The molecule has 2 nitrogen and oxygen atoms in total. The summed E-state index contributed by atoms with van der Waals surface area (Å²) in [6.07, 6.45) is 2.43. The highest BCUT2D eigenvalue weighted by atomic mass is 28.3. The molecule has 0 amide bonds.